The molecule has 0 saturated heterocycles. The van der Waals surface area contributed by atoms with Gasteiger partial charge in [-0.1, -0.05) is 60.4 Å². The number of phenols is 1. The number of hydrogen-bond donors (Lipinski definition) is 1. The third kappa shape index (κ3) is 4.79. The maximum Gasteiger partial charge on any atom is 0.305 e. The predicted octanol–water partition coefficient (Wildman–Crippen LogP) is 5.65. The molecular weight excluding hydrogens is 336 g/mol. The molecule has 27 heavy (non-hydrogen) atoms. The highest BCUT2D eigenvalue weighted by molar-refractivity contribution is 5.83. The molecule has 0 heterocycles. The first kappa shape index (κ1) is 19.2. The molecule has 3 rings (SSSR count). The average Bonchev–Trinajstić information content (AvgIpc) is 3.21. The van der Waals surface area contributed by atoms with Crippen molar-refractivity contribution < 1.29 is 14.6 Å². The number of ether oxygens (including phenoxy) is 1. The van der Waals surface area contributed by atoms with Crippen molar-refractivity contribution in [1.82, 2.24) is 0 Å². The number of aryl methyl sites for hydroxylation is 1. The summed E-state index contributed by atoms with van der Waals surface area (Å²) in [5.41, 5.74) is 6.01. The molecule has 0 radical (unpaired) electrons. The summed E-state index contributed by atoms with van der Waals surface area (Å²) in [6, 6.07) is 16.0. The topological polar surface area (TPSA) is 46.5 Å². The van der Waals surface area contributed by atoms with Crippen LogP contribution in [-0.4, -0.2) is 18.2 Å². The van der Waals surface area contributed by atoms with Gasteiger partial charge in [-0.05, 0) is 60.9 Å². The Hall–Kier alpha value is -2.55. The second-order valence-electron chi connectivity index (χ2n) is 7.37. The van der Waals surface area contributed by atoms with E-state index in [1.54, 1.807) is 12.1 Å². The summed E-state index contributed by atoms with van der Waals surface area (Å²) >= 11 is 0. The maximum atomic E-state index is 11.8. The van der Waals surface area contributed by atoms with E-state index in [0.717, 1.165) is 11.1 Å². The number of benzene rings is 2. The second kappa shape index (κ2) is 8.90. The highest BCUT2D eigenvalue weighted by Crippen LogP contribution is 2.40. The molecule has 2 aromatic rings. The van der Waals surface area contributed by atoms with Crippen LogP contribution in [0.1, 0.15) is 55.2 Å². The molecule has 1 aliphatic rings. The lowest BCUT2D eigenvalue weighted by Gasteiger charge is -2.22. The van der Waals surface area contributed by atoms with Gasteiger partial charge in [-0.15, -0.1) is 0 Å². The lowest BCUT2D eigenvalue weighted by molar-refractivity contribution is -0.140. The fourth-order valence-corrected chi connectivity index (χ4v) is 4.03. The largest absolute Gasteiger partial charge is 0.508 e. The van der Waals surface area contributed by atoms with Gasteiger partial charge in [-0.25, -0.2) is 0 Å². The van der Waals surface area contributed by atoms with E-state index in [0.29, 0.717) is 18.8 Å². The first-order chi connectivity index (χ1) is 13.1. The molecule has 1 aliphatic carbocycles. The molecule has 0 amide bonds. The maximum absolute atomic E-state index is 11.8. The van der Waals surface area contributed by atoms with Gasteiger partial charge in [0.05, 0.1) is 7.11 Å². The van der Waals surface area contributed by atoms with E-state index in [9.17, 15) is 9.90 Å². The SMILES string of the molecule is COC(=O)CC/C(=C(\c1ccc(C)cc1)c1ccc(O)cc1)C1CCCC1. The normalized spacial score (nSPS) is 15.5. The van der Waals surface area contributed by atoms with Crippen molar-refractivity contribution in [2.45, 2.75) is 45.4 Å². The summed E-state index contributed by atoms with van der Waals surface area (Å²) in [4.78, 5) is 11.8. The molecule has 0 atom stereocenters. The van der Waals surface area contributed by atoms with Crippen LogP contribution in [0.15, 0.2) is 54.1 Å². The van der Waals surface area contributed by atoms with Crippen molar-refractivity contribution in [1.29, 1.82) is 0 Å². The third-order valence-corrected chi connectivity index (χ3v) is 5.49. The van der Waals surface area contributed by atoms with Gasteiger partial charge in [0.25, 0.3) is 0 Å². The summed E-state index contributed by atoms with van der Waals surface area (Å²) in [6.45, 7) is 2.09. The predicted molar refractivity (Wildman–Crippen MR) is 109 cm³/mol. The number of rotatable bonds is 6. The molecule has 0 unspecified atom stereocenters. The molecule has 1 fully saturated rings. The quantitative estimate of drug-likeness (QED) is 0.674. The zero-order chi connectivity index (χ0) is 19.2. The zero-order valence-electron chi connectivity index (χ0n) is 16.2. The lowest BCUT2D eigenvalue weighted by Crippen LogP contribution is -2.08. The fourth-order valence-electron chi connectivity index (χ4n) is 4.03. The average molecular weight is 364 g/mol. The minimum absolute atomic E-state index is 0.167. The van der Waals surface area contributed by atoms with E-state index in [4.69, 9.17) is 4.74 Å². The first-order valence-corrected chi connectivity index (χ1v) is 9.75. The Labute approximate surface area is 161 Å². The van der Waals surface area contributed by atoms with Crippen LogP contribution < -0.4 is 0 Å². The van der Waals surface area contributed by atoms with Crippen molar-refractivity contribution in [3.05, 3.63) is 70.8 Å². The van der Waals surface area contributed by atoms with E-state index in [2.05, 4.69) is 31.2 Å². The van der Waals surface area contributed by atoms with Crippen LogP contribution in [-0.2, 0) is 9.53 Å². The Morgan fingerprint density at radius 1 is 0.963 bits per heavy atom. The molecule has 1 N–H and O–H groups in total. The van der Waals surface area contributed by atoms with Crippen molar-refractivity contribution in [3.63, 3.8) is 0 Å². The van der Waals surface area contributed by atoms with Crippen LogP contribution in [0.5, 0.6) is 5.75 Å². The van der Waals surface area contributed by atoms with Gasteiger partial charge in [-0.3, -0.25) is 4.79 Å². The Balaban J connectivity index is 2.12. The first-order valence-electron chi connectivity index (χ1n) is 9.75. The molecule has 0 aliphatic heterocycles. The Kier molecular flexibility index (Phi) is 6.33. The van der Waals surface area contributed by atoms with Gasteiger partial charge in [0.2, 0.25) is 0 Å². The van der Waals surface area contributed by atoms with E-state index >= 15 is 0 Å². The summed E-state index contributed by atoms with van der Waals surface area (Å²) in [6.07, 6.45) is 5.93. The molecule has 1 saturated carbocycles. The number of aromatic hydroxyl groups is 1. The molecule has 0 spiro atoms. The third-order valence-electron chi connectivity index (χ3n) is 5.49. The van der Waals surface area contributed by atoms with Gasteiger partial charge >= 0.3 is 5.97 Å². The van der Waals surface area contributed by atoms with Gasteiger partial charge in [0.1, 0.15) is 5.75 Å². The van der Waals surface area contributed by atoms with Crippen molar-refractivity contribution >= 4 is 11.5 Å². The number of carbonyl (C=O) groups excluding carboxylic acids is 1. The Morgan fingerprint density at radius 2 is 1.52 bits per heavy atom. The standard InChI is InChI=1S/C24H28O3/c1-17-7-9-19(10-8-17)24(20-11-13-21(25)14-12-20)22(15-16-23(26)27-2)18-5-3-4-6-18/h7-14,18,25H,3-6,15-16H2,1-2H3/b24-22-. The van der Waals surface area contributed by atoms with E-state index in [1.165, 1.54) is 49.5 Å². The lowest BCUT2D eigenvalue weighted by atomic mass is 9.83. The Bertz CT molecular complexity index is 747. The van der Waals surface area contributed by atoms with E-state index < -0.39 is 0 Å². The van der Waals surface area contributed by atoms with Crippen molar-refractivity contribution in [3.8, 4) is 5.75 Å². The van der Waals surface area contributed by atoms with Gasteiger partial charge in [0, 0.05) is 6.42 Å². The van der Waals surface area contributed by atoms with Gasteiger partial charge in [0.15, 0.2) is 0 Å². The number of carbonyl (C=O) groups is 1. The van der Waals surface area contributed by atoms with Gasteiger partial charge in [-0.2, -0.15) is 0 Å². The molecule has 2 aromatic carbocycles. The van der Waals surface area contributed by atoms with Crippen LogP contribution >= 0.6 is 0 Å². The number of phenolic OH excluding ortho intramolecular Hbond substituents is 1. The molecule has 142 valence electrons. The van der Waals surface area contributed by atoms with Gasteiger partial charge < -0.3 is 9.84 Å². The Morgan fingerprint density at radius 3 is 2.07 bits per heavy atom. The van der Waals surface area contributed by atoms with Crippen molar-refractivity contribution in [2.24, 2.45) is 5.92 Å². The van der Waals surface area contributed by atoms with Crippen LogP contribution in [0.4, 0.5) is 0 Å². The molecular formula is C24H28O3. The molecule has 3 heteroatoms. The minimum atomic E-state index is -0.167. The summed E-state index contributed by atoms with van der Waals surface area (Å²) < 4.78 is 4.89. The number of allylic oxidation sites excluding steroid dienone is 1. The number of hydrogen-bond acceptors (Lipinski definition) is 3. The number of esters is 1. The molecule has 0 bridgehead atoms. The molecule has 3 nitrogen and oxygen atoms in total. The second-order valence-corrected chi connectivity index (χ2v) is 7.37. The van der Waals surface area contributed by atoms with Crippen LogP contribution in [0.25, 0.3) is 5.57 Å². The fraction of sp³-hybridized carbons (Fsp3) is 0.375. The van der Waals surface area contributed by atoms with E-state index in [-0.39, 0.29) is 11.7 Å². The zero-order valence-corrected chi connectivity index (χ0v) is 16.2. The smallest absolute Gasteiger partial charge is 0.305 e. The molecule has 0 aromatic heterocycles. The minimum Gasteiger partial charge on any atom is -0.508 e. The highest BCUT2D eigenvalue weighted by atomic mass is 16.5. The van der Waals surface area contributed by atoms with Crippen LogP contribution in [0.3, 0.4) is 0 Å². The summed E-state index contributed by atoms with van der Waals surface area (Å²) in [5.74, 6) is 0.596. The van der Waals surface area contributed by atoms with Crippen molar-refractivity contribution in [2.75, 3.05) is 7.11 Å². The highest BCUT2D eigenvalue weighted by Gasteiger charge is 2.24. The van der Waals surface area contributed by atoms with Crippen LogP contribution in [0, 0.1) is 12.8 Å². The summed E-state index contributed by atoms with van der Waals surface area (Å²) in [7, 11) is 1.45. The summed E-state index contributed by atoms with van der Waals surface area (Å²) in [5, 5.41) is 9.73. The van der Waals surface area contributed by atoms with Crippen LogP contribution in [0.2, 0.25) is 0 Å². The number of methoxy groups -OCH3 is 1. The van der Waals surface area contributed by atoms with E-state index in [1.807, 2.05) is 12.1 Å². The monoisotopic (exact) mass is 364 g/mol.